The van der Waals surface area contributed by atoms with E-state index in [9.17, 15) is 8.78 Å². The molecule has 3 aromatic rings. The van der Waals surface area contributed by atoms with E-state index in [1.54, 1.807) is 12.3 Å². The molecule has 0 unspecified atom stereocenters. The van der Waals surface area contributed by atoms with E-state index in [4.69, 9.17) is 11.6 Å². The molecule has 0 spiro atoms. The van der Waals surface area contributed by atoms with Crippen molar-refractivity contribution in [3.63, 3.8) is 0 Å². The predicted molar refractivity (Wildman–Crippen MR) is 79.4 cm³/mol. The molecule has 0 radical (unpaired) electrons. The molecule has 0 aliphatic rings. The molecule has 0 aliphatic carbocycles. The second-order valence-corrected chi connectivity index (χ2v) is 5.19. The summed E-state index contributed by atoms with van der Waals surface area (Å²) in [5.41, 5.74) is 2.83. The molecule has 21 heavy (non-hydrogen) atoms. The monoisotopic (exact) mass is 304 g/mol. The first kappa shape index (κ1) is 13.9. The molecule has 0 aliphatic heterocycles. The summed E-state index contributed by atoms with van der Waals surface area (Å²) in [4.78, 5) is 8.66. The Hall–Kier alpha value is -2.07. The second-order valence-electron chi connectivity index (χ2n) is 4.81. The molecule has 5 heteroatoms. The Morgan fingerprint density at radius 2 is 1.86 bits per heavy atom. The Morgan fingerprint density at radius 1 is 1.10 bits per heavy atom. The number of pyridine rings is 2. The van der Waals surface area contributed by atoms with Gasteiger partial charge in [0.15, 0.2) is 0 Å². The maximum atomic E-state index is 14.0. The molecule has 0 atom stereocenters. The van der Waals surface area contributed by atoms with Crippen LogP contribution in [0.2, 0.25) is 5.02 Å². The highest BCUT2D eigenvalue weighted by Crippen LogP contribution is 2.35. The zero-order chi connectivity index (χ0) is 15.1. The zero-order valence-corrected chi connectivity index (χ0v) is 12.2. The molecule has 2 heterocycles. The third kappa shape index (κ3) is 2.25. The molecule has 0 saturated heterocycles. The van der Waals surface area contributed by atoms with Gasteiger partial charge in [-0.15, -0.1) is 0 Å². The van der Waals surface area contributed by atoms with Gasteiger partial charge in [-0.25, -0.2) is 8.78 Å². The third-order valence-electron chi connectivity index (χ3n) is 3.49. The zero-order valence-electron chi connectivity index (χ0n) is 11.4. The van der Waals surface area contributed by atoms with Gasteiger partial charge >= 0.3 is 0 Å². The lowest BCUT2D eigenvalue weighted by Gasteiger charge is -2.11. The van der Waals surface area contributed by atoms with Crippen molar-refractivity contribution in [2.45, 2.75) is 13.8 Å². The van der Waals surface area contributed by atoms with Crippen molar-refractivity contribution < 1.29 is 8.78 Å². The summed E-state index contributed by atoms with van der Waals surface area (Å²) in [6.07, 6.45) is 1.54. The number of halogens is 3. The van der Waals surface area contributed by atoms with Crippen LogP contribution in [0.15, 0.2) is 30.5 Å². The van der Waals surface area contributed by atoms with Gasteiger partial charge < -0.3 is 0 Å². The van der Waals surface area contributed by atoms with Crippen LogP contribution in [-0.2, 0) is 0 Å². The Kier molecular flexibility index (Phi) is 3.33. The largest absolute Gasteiger partial charge is 0.255 e. The smallest absolute Gasteiger partial charge is 0.135 e. The van der Waals surface area contributed by atoms with E-state index in [-0.39, 0.29) is 5.56 Å². The highest BCUT2D eigenvalue weighted by atomic mass is 35.5. The number of rotatable bonds is 1. The van der Waals surface area contributed by atoms with Crippen molar-refractivity contribution in [2.75, 3.05) is 0 Å². The average molecular weight is 305 g/mol. The molecule has 2 aromatic heterocycles. The van der Waals surface area contributed by atoms with E-state index in [0.717, 1.165) is 17.3 Å². The van der Waals surface area contributed by atoms with Crippen LogP contribution in [0.1, 0.15) is 11.3 Å². The number of aryl methyl sites for hydroxylation is 1. The van der Waals surface area contributed by atoms with E-state index in [1.165, 1.54) is 12.1 Å². The molecule has 106 valence electrons. The summed E-state index contributed by atoms with van der Waals surface area (Å²) in [6, 6.07) is 5.11. The van der Waals surface area contributed by atoms with E-state index in [1.807, 2.05) is 13.8 Å². The minimum absolute atomic E-state index is 0.203. The summed E-state index contributed by atoms with van der Waals surface area (Å²) in [5.74, 6) is -1.31. The Bertz CT molecular complexity index is 863. The quantitative estimate of drug-likeness (QED) is 0.642. The lowest BCUT2D eigenvalue weighted by molar-refractivity contribution is 0.585. The fraction of sp³-hybridized carbons (Fsp3) is 0.125. The van der Waals surface area contributed by atoms with Crippen molar-refractivity contribution >= 4 is 22.5 Å². The van der Waals surface area contributed by atoms with Gasteiger partial charge in [0.2, 0.25) is 0 Å². The summed E-state index contributed by atoms with van der Waals surface area (Å²) in [6.45, 7) is 3.71. The van der Waals surface area contributed by atoms with Gasteiger partial charge in [0.05, 0.1) is 16.2 Å². The Labute approximate surface area is 125 Å². The highest BCUT2D eigenvalue weighted by molar-refractivity contribution is 6.37. The van der Waals surface area contributed by atoms with Crippen molar-refractivity contribution in [1.29, 1.82) is 0 Å². The fourth-order valence-corrected chi connectivity index (χ4v) is 2.58. The third-order valence-corrected chi connectivity index (χ3v) is 3.97. The Morgan fingerprint density at radius 3 is 2.57 bits per heavy atom. The molecule has 2 nitrogen and oxygen atoms in total. The van der Waals surface area contributed by atoms with Gasteiger partial charge in [0, 0.05) is 28.9 Å². The van der Waals surface area contributed by atoms with Gasteiger partial charge in [-0.1, -0.05) is 11.6 Å². The van der Waals surface area contributed by atoms with E-state index >= 15 is 0 Å². The molecule has 3 rings (SSSR count). The number of hydrogen-bond donors (Lipinski definition) is 0. The number of benzene rings is 1. The number of aromatic nitrogens is 2. The summed E-state index contributed by atoms with van der Waals surface area (Å²) >= 11 is 6.39. The maximum Gasteiger partial charge on any atom is 0.135 e. The number of fused-ring (bicyclic) bond motifs is 1. The van der Waals surface area contributed by atoms with Gasteiger partial charge in [-0.2, -0.15) is 0 Å². The normalized spacial score (nSPS) is 11.1. The van der Waals surface area contributed by atoms with Crippen LogP contribution >= 0.6 is 11.6 Å². The van der Waals surface area contributed by atoms with Crippen molar-refractivity contribution in [2.24, 2.45) is 0 Å². The summed E-state index contributed by atoms with van der Waals surface area (Å²) in [7, 11) is 0. The summed E-state index contributed by atoms with van der Waals surface area (Å²) < 4.78 is 27.1. The molecule has 0 amide bonds. The molecule has 0 N–H and O–H groups in total. The van der Waals surface area contributed by atoms with Crippen LogP contribution in [0.25, 0.3) is 22.2 Å². The highest BCUT2D eigenvalue weighted by Gasteiger charge is 2.16. The number of hydrogen-bond acceptors (Lipinski definition) is 2. The fourth-order valence-electron chi connectivity index (χ4n) is 2.26. The van der Waals surface area contributed by atoms with Crippen molar-refractivity contribution in [3.8, 4) is 11.3 Å². The first-order valence-electron chi connectivity index (χ1n) is 6.36. The van der Waals surface area contributed by atoms with E-state index < -0.39 is 11.6 Å². The minimum atomic E-state index is -0.677. The van der Waals surface area contributed by atoms with Gasteiger partial charge in [0.1, 0.15) is 11.6 Å². The molecule has 1 aromatic carbocycles. The van der Waals surface area contributed by atoms with Gasteiger partial charge in [-0.05, 0) is 37.6 Å². The van der Waals surface area contributed by atoms with Crippen molar-refractivity contribution in [1.82, 2.24) is 9.97 Å². The molecule has 0 fully saturated rings. The molecular weight excluding hydrogens is 294 g/mol. The molecular formula is C16H11ClF2N2. The summed E-state index contributed by atoms with van der Waals surface area (Å²) in [5, 5.41) is 1.07. The SMILES string of the molecule is Cc1nc2ccnc(-c3ccc(F)cc3F)c2c(Cl)c1C. The Balaban J connectivity index is 2.41. The molecule has 0 bridgehead atoms. The van der Waals surface area contributed by atoms with Crippen LogP contribution in [0, 0.1) is 25.5 Å². The lowest BCUT2D eigenvalue weighted by Crippen LogP contribution is -1.96. The average Bonchev–Trinajstić information content (AvgIpc) is 2.44. The first-order valence-corrected chi connectivity index (χ1v) is 6.73. The van der Waals surface area contributed by atoms with Crippen LogP contribution in [0.5, 0.6) is 0 Å². The van der Waals surface area contributed by atoms with Crippen LogP contribution in [-0.4, -0.2) is 9.97 Å². The topological polar surface area (TPSA) is 25.8 Å². The molecule has 0 saturated carbocycles. The second kappa shape index (κ2) is 5.04. The minimum Gasteiger partial charge on any atom is -0.255 e. The first-order chi connectivity index (χ1) is 9.99. The van der Waals surface area contributed by atoms with Crippen LogP contribution in [0.4, 0.5) is 8.78 Å². The van der Waals surface area contributed by atoms with Gasteiger partial charge in [0.25, 0.3) is 0 Å². The number of nitrogens with zero attached hydrogens (tertiary/aromatic N) is 2. The van der Waals surface area contributed by atoms with Crippen molar-refractivity contribution in [3.05, 3.63) is 58.4 Å². The maximum absolute atomic E-state index is 14.0. The standard InChI is InChI=1S/C16H11ClF2N2/c1-8-9(2)21-13-5-6-20-16(14(13)15(8)17)11-4-3-10(18)7-12(11)19/h3-7H,1-2H3. The van der Waals surface area contributed by atoms with Gasteiger partial charge in [-0.3, -0.25) is 9.97 Å². The van der Waals surface area contributed by atoms with Crippen LogP contribution < -0.4 is 0 Å². The van der Waals surface area contributed by atoms with Crippen LogP contribution in [0.3, 0.4) is 0 Å². The van der Waals surface area contributed by atoms with E-state index in [2.05, 4.69) is 9.97 Å². The van der Waals surface area contributed by atoms with E-state index in [0.29, 0.717) is 21.6 Å². The lowest BCUT2D eigenvalue weighted by atomic mass is 10.0. The predicted octanol–water partition coefficient (Wildman–Crippen LogP) is 4.85.